The van der Waals surface area contributed by atoms with E-state index in [1.807, 2.05) is 0 Å². The normalized spacial score (nSPS) is 15.4. The number of unbranched alkanes of at least 4 members (excludes halogenated alkanes) is 4. The zero-order valence-electron chi connectivity index (χ0n) is 7.21. The molecule has 0 unspecified atom stereocenters. The van der Waals surface area contributed by atoms with Gasteiger partial charge >= 0.3 is 0 Å². The molecule has 0 aromatic carbocycles. The second-order valence-corrected chi connectivity index (χ2v) is 3.04. The maximum Gasteiger partial charge on any atom is 0.161 e. The molecule has 0 saturated heterocycles. The van der Waals surface area contributed by atoms with Crippen molar-refractivity contribution in [3.63, 3.8) is 0 Å². The van der Waals surface area contributed by atoms with Crippen molar-refractivity contribution in [2.75, 3.05) is 0 Å². The van der Waals surface area contributed by atoms with Crippen LogP contribution < -0.4 is 0 Å². The summed E-state index contributed by atoms with van der Waals surface area (Å²) in [5.41, 5.74) is 0. The molecule has 0 aliphatic carbocycles. The molecule has 0 bridgehead atoms. The molecule has 0 fully saturated rings. The lowest BCUT2D eigenvalue weighted by Crippen LogP contribution is -2.05. The Morgan fingerprint density at radius 2 is 1.82 bits per heavy atom. The topological polar surface area (TPSA) is 24.7 Å². The molecular weight excluding hydrogens is 136 g/mol. The summed E-state index contributed by atoms with van der Waals surface area (Å²) in [4.78, 5) is 7.94. The summed E-state index contributed by atoms with van der Waals surface area (Å²) in [5.74, 6) is 0. The highest BCUT2D eigenvalue weighted by Crippen LogP contribution is 2.11. The Morgan fingerprint density at radius 1 is 1.09 bits per heavy atom. The predicted octanol–water partition coefficient (Wildman–Crippen LogP) is 2.86. The Kier molecular flexibility index (Phi) is 3.92. The molecule has 11 heavy (non-hydrogen) atoms. The van der Waals surface area contributed by atoms with Gasteiger partial charge in [0, 0.05) is 0 Å². The van der Waals surface area contributed by atoms with Gasteiger partial charge in [-0.3, -0.25) is 0 Å². The molecule has 0 spiro atoms. The summed E-state index contributed by atoms with van der Waals surface area (Å²) in [6, 6.07) is 2.56. The van der Waals surface area contributed by atoms with E-state index in [0.29, 0.717) is 0 Å². The third-order valence-corrected chi connectivity index (χ3v) is 1.98. The summed E-state index contributed by atoms with van der Waals surface area (Å²) < 4.78 is 0. The maximum absolute atomic E-state index is 3.97. The van der Waals surface area contributed by atoms with E-state index in [-0.39, 0.29) is 6.17 Å². The van der Waals surface area contributed by atoms with E-state index in [0.717, 1.165) is 6.42 Å². The van der Waals surface area contributed by atoms with Crippen molar-refractivity contribution in [2.45, 2.75) is 51.6 Å². The van der Waals surface area contributed by atoms with Gasteiger partial charge in [0.2, 0.25) is 0 Å². The largest absolute Gasteiger partial charge is 0.197 e. The summed E-state index contributed by atoms with van der Waals surface area (Å²) in [5, 5.41) is 0. The van der Waals surface area contributed by atoms with Crippen LogP contribution in [0.4, 0.5) is 0 Å². The highest BCUT2D eigenvalue weighted by molar-refractivity contribution is 5.47. The van der Waals surface area contributed by atoms with Gasteiger partial charge in [-0.2, -0.15) is 9.98 Å². The zero-order chi connectivity index (χ0) is 7.94. The molecule has 0 amide bonds. The lowest BCUT2D eigenvalue weighted by molar-refractivity contribution is 0.544. The van der Waals surface area contributed by atoms with Crippen LogP contribution in [-0.4, -0.2) is 12.2 Å². The molecule has 2 heteroatoms. The summed E-state index contributed by atoms with van der Waals surface area (Å²) in [7, 11) is 0. The first-order valence-electron chi connectivity index (χ1n) is 4.58. The van der Waals surface area contributed by atoms with Gasteiger partial charge < -0.3 is 0 Å². The summed E-state index contributed by atoms with van der Waals surface area (Å²) >= 11 is 0. The summed E-state index contributed by atoms with van der Waals surface area (Å²) in [6.07, 6.45) is 8.09. The number of hydrogen-bond donors (Lipinski definition) is 0. The average molecular weight is 152 g/mol. The minimum Gasteiger partial charge on any atom is -0.197 e. The molecule has 0 aromatic heterocycles. The third kappa shape index (κ3) is 3.33. The molecule has 0 radical (unpaired) electrons. The van der Waals surface area contributed by atoms with Crippen LogP contribution in [0.3, 0.4) is 0 Å². The molecule has 1 rings (SSSR count). The lowest BCUT2D eigenvalue weighted by Gasteiger charge is -2.07. The second kappa shape index (κ2) is 5.09. The van der Waals surface area contributed by atoms with Gasteiger partial charge in [-0.1, -0.05) is 32.6 Å². The van der Waals surface area contributed by atoms with Gasteiger partial charge in [0.15, 0.2) is 6.17 Å². The van der Waals surface area contributed by atoms with Crippen molar-refractivity contribution in [3.05, 3.63) is 0 Å². The molecule has 62 valence electrons. The fourth-order valence-electron chi connectivity index (χ4n) is 1.20. The molecule has 2 nitrogen and oxygen atoms in total. The van der Waals surface area contributed by atoms with Crippen LogP contribution in [0.1, 0.15) is 45.4 Å². The Labute approximate surface area is 68.4 Å². The van der Waals surface area contributed by atoms with Crippen LogP contribution in [0, 0.1) is 0 Å². The molecular formula is C9H16N2. The molecule has 0 saturated carbocycles. The standard InChI is InChI=1S/C9H16N2/c1-2-3-4-5-6-7-9-10-8-11-9/h9H,2-7H2,1H3. The van der Waals surface area contributed by atoms with Gasteiger partial charge in [-0.15, -0.1) is 0 Å². The van der Waals surface area contributed by atoms with E-state index < -0.39 is 0 Å². The quantitative estimate of drug-likeness (QED) is 0.523. The number of rotatable bonds is 6. The highest BCUT2D eigenvalue weighted by atomic mass is 15.1. The molecule has 0 atom stereocenters. The van der Waals surface area contributed by atoms with Crippen molar-refractivity contribution >= 4 is 6.01 Å². The Balaban J connectivity index is 1.78. The van der Waals surface area contributed by atoms with Gasteiger partial charge in [-0.25, -0.2) is 0 Å². The maximum atomic E-state index is 3.97. The fraction of sp³-hybridized carbons (Fsp3) is 0.889. The first kappa shape index (κ1) is 8.48. The molecule has 1 aliphatic heterocycles. The zero-order valence-corrected chi connectivity index (χ0v) is 7.21. The molecule has 1 heterocycles. The second-order valence-electron chi connectivity index (χ2n) is 3.04. The van der Waals surface area contributed by atoms with Crippen molar-refractivity contribution in [1.82, 2.24) is 0 Å². The number of aliphatic imine (C=N–C) groups is 2. The molecule has 1 aliphatic rings. The van der Waals surface area contributed by atoms with E-state index >= 15 is 0 Å². The Hall–Kier alpha value is -0.620. The average Bonchev–Trinajstić information content (AvgIpc) is 1.93. The first-order chi connectivity index (χ1) is 5.43. The number of nitrogens with zero attached hydrogens (tertiary/aromatic N) is 2. The van der Waals surface area contributed by atoms with Crippen LogP contribution in [-0.2, 0) is 0 Å². The van der Waals surface area contributed by atoms with Crippen LogP contribution >= 0.6 is 0 Å². The number of hydrogen-bond acceptors (Lipinski definition) is 2. The van der Waals surface area contributed by atoms with E-state index in [1.54, 1.807) is 0 Å². The minimum atomic E-state index is 0.275. The first-order valence-corrected chi connectivity index (χ1v) is 4.58. The lowest BCUT2D eigenvalue weighted by atomic mass is 10.1. The van der Waals surface area contributed by atoms with Gasteiger partial charge in [0.05, 0.1) is 6.01 Å². The van der Waals surface area contributed by atoms with E-state index in [1.165, 1.54) is 32.1 Å². The van der Waals surface area contributed by atoms with Crippen molar-refractivity contribution in [3.8, 4) is 0 Å². The van der Waals surface area contributed by atoms with Crippen molar-refractivity contribution < 1.29 is 0 Å². The SMILES string of the molecule is CCCCCCCC1N=C=N1. The van der Waals surface area contributed by atoms with Crippen molar-refractivity contribution in [1.29, 1.82) is 0 Å². The monoisotopic (exact) mass is 152 g/mol. The molecule has 0 aromatic rings. The fourth-order valence-corrected chi connectivity index (χ4v) is 1.20. The van der Waals surface area contributed by atoms with E-state index in [9.17, 15) is 0 Å². The van der Waals surface area contributed by atoms with E-state index in [2.05, 4.69) is 22.9 Å². The van der Waals surface area contributed by atoms with Crippen LogP contribution in [0.5, 0.6) is 0 Å². The highest BCUT2D eigenvalue weighted by Gasteiger charge is 2.06. The van der Waals surface area contributed by atoms with Crippen LogP contribution in [0.25, 0.3) is 0 Å². The smallest absolute Gasteiger partial charge is 0.161 e. The Morgan fingerprint density at radius 3 is 2.36 bits per heavy atom. The summed E-state index contributed by atoms with van der Waals surface area (Å²) in [6.45, 7) is 2.24. The van der Waals surface area contributed by atoms with Gasteiger partial charge in [0.25, 0.3) is 0 Å². The van der Waals surface area contributed by atoms with Crippen LogP contribution in [0.15, 0.2) is 9.98 Å². The third-order valence-electron chi connectivity index (χ3n) is 1.98. The van der Waals surface area contributed by atoms with Crippen molar-refractivity contribution in [2.24, 2.45) is 9.98 Å². The predicted molar refractivity (Wildman–Crippen MR) is 47.0 cm³/mol. The Bertz CT molecular complexity index is 149. The molecule has 0 N–H and O–H groups in total. The van der Waals surface area contributed by atoms with Gasteiger partial charge in [0.1, 0.15) is 0 Å². The minimum absolute atomic E-state index is 0.275. The van der Waals surface area contributed by atoms with Gasteiger partial charge in [-0.05, 0) is 12.8 Å². The van der Waals surface area contributed by atoms with Crippen LogP contribution in [0.2, 0.25) is 0 Å². The van der Waals surface area contributed by atoms with E-state index in [4.69, 9.17) is 0 Å².